The van der Waals surface area contributed by atoms with Crippen molar-refractivity contribution in [3.05, 3.63) is 124 Å². The van der Waals surface area contributed by atoms with Gasteiger partial charge in [0.05, 0.1) is 10.6 Å². The molecule has 0 heterocycles. The van der Waals surface area contributed by atoms with Crippen LogP contribution in [0, 0.1) is 25.2 Å². The molecule has 0 aromatic heterocycles. The first-order valence-electron chi connectivity index (χ1n) is 12.2. The summed E-state index contributed by atoms with van der Waals surface area (Å²) in [6.07, 6.45) is 1.46. The summed E-state index contributed by atoms with van der Waals surface area (Å²) in [6, 6.07) is 27.5. The van der Waals surface area contributed by atoms with Gasteiger partial charge in [0, 0.05) is 10.7 Å². The van der Waals surface area contributed by atoms with Gasteiger partial charge in [-0.25, -0.2) is 8.42 Å². The predicted octanol–water partition coefficient (Wildman–Crippen LogP) is 6.88. The van der Waals surface area contributed by atoms with Crippen LogP contribution in [0.25, 0.3) is 6.08 Å². The molecular weight excluding hydrogens is 546 g/mol. The zero-order valence-electron chi connectivity index (χ0n) is 21.8. The predicted molar refractivity (Wildman–Crippen MR) is 158 cm³/mol. The number of nitriles is 1. The second-order valence-corrected chi connectivity index (χ2v) is 11.1. The maximum absolute atomic E-state index is 12.9. The van der Waals surface area contributed by atoms with E-state index in [1.165, 1.54) is 30.3 Å². The van der Waals surface area contributed by atoms with Crippen LogP contribution in [0.4, 0.5) is 11.4 Å². The Labute approximate surface area is 238 Å². The van der Waals surface area contributed by atoms with Crippen LogP contribution in [0.2, 0.25) is 5.02 Å². The first kappa shape index (κ1) is 28.4. The lowest BCUT2D eigenvalue weighted by Crippen LogP contribution is -2.16. The minimum absolute atomic E-state index is 0.0440. The summed E-state index contributed by atoms with van der Waals surface area (Å²) in [5, 5.41) is 12.8. The number of carbonyl (C=O) groups excluding carboxylic acids is 1. The van der Waals surface area contributed by atoms with E-state index in [1.807, 2.05) is 50.2 Å². The van der Waals surface area contributed by atoms with Crippen molar-refractivity contribution in [3.63, 3.8) is 0 Å². The van der Waals surface area contributed by atoms with Crippen molar-refractivity contribution in [2.45, 2.75) is 25.3 Å². The second kappa shape index (κ2) is 12.5. The maximum Gasteiger partial charge on any atom is 0.266 e. The van der Waals surface area contributed by atoms with E-state index in [2.05, 4.69) is 10.0 Å². The van der Waals surface area contributed by atoms with Gasteiger partial charge in [-0.3, -0.25) is 9.52 Å². The molecule has 9 heteroatoms. The van der Waals surface area contributed by atoms with E-state index in [1.54, 1.807) is 36.4 Å². The Hall–Kier alpha value is -4.58. The molecule has 202 valence electrons. The molecule has 2 N–H and O–H groups in total. The minimum atomic E-state index is -3.83. The number of halogens is 1. The Bertz CT molecular complexity index is 1670. The van der Waals surface area contributed by atoms with Gasteiger partial charge in [0.1, 0.15) is 24.0 Å². The Morgan fingerprint density at radius 2 is 1.55 bits per heavy atom. The first-order chi connectivity index (χ1) is 19.1. The van der Waals surface area contributed by atoms with Gasteiger partial charge < -0.3 is 10.1 Å². The zero-order valence-corrected chi connectivity index (χ0v) is 23.4. The van der Waals surface area contributed by atoms with Gasteiger partial charge in [0.25, 0.3) is 15.9 Å². The number of aryl methyl sites for hydroxylation is 2. The summed E-state index contributed by atoms with van der Waals surface area (Å²) in [4.78, 5) is 12.8. The minimum Gasteiger partial charge on any atom is -0.489 e. The van der Waals surface area contributed by atoms with Crippen LogP contribution in [0.1, 0.15) is 22.3 Å². The molecule has 0 bridgehead atoms. The highest BCUT2D eigenvalue weighted by molar-refractivity contribution is 7.92. The highest BCUT2D eigenvalue weighted by Crippen LogP contribution is 2.24. The monoisotopic (exact) mass is 571 g/mol. The second-order valence-electron chi connectivity index (χ2n) is 9.00. The molecular formula is C31H26ClN3O4S. The average Bonchev–Trinajstić information content (AvgIpc) is 2.94. The number of nitrogens with zero attached hydrogens (tertiary/aromatic N) is 1. The number of hydrogen-bond acceptors (Lipinski definition) is 5. The van der Waals surface area contributed by atoms with Gasteiger partial charge in [-0.2, -0.15) is 5.26 Å². The number of anilines is 2. The fourth-order valence-corrected chi connectivity index (χ4v) is 5.14. The number of carbonyl (C=O) groups is 1. The Balaban J connectivity index is 1.39. The van der Waals surface area contributed by atoms with Crippen LogP contribution in [-0.4, -0.2) is 14.3 Å². The lowest BCUT2D eigenvalue weighted by Gasteiger charge is -2.13. The quantitative estimate of drug-likeness (QED) is 0.168. The molecule has 7 nitrogen and oxygen atoms in total. The molecule has 4 aromatic carbocycles. The van der Waals surface area contributed by atoms with E-state index in [9.17, 15) is 18.5 Å². The smallest absolute Gasteiger partial charge is 0.266 e. The van der Waals surface area contributed by atoms with Crippen molar-refractivity contribution in [2.75, 3.05) is 10.0 Å². The SMILES string of the molecule is Cc1cccc(C)c1NS(=O)(=O)c1ccc(NC(=O)C(C#N)=Cc2ccc(OCc3ccc(Cl)cc3)cc2)cc1. The van der Waals surface area contributed by atoms with Gasteiger partial charge in [0.2, 0.25) is 0 Å². The van der Waals surface area contributed by atoms with Crippen LogP contribution in [0.5, 0.6) is 5.75 Å². The highest BCUT2D eigenvalue weighted by Gasteiger charge is 2.17. The molecule has 40 heavy (non-hydrogen) atoms. The van der Waals surface area contributed by atoms with Crippen LogP contribution in [-0.2, 0) is 21.4 Å². The third kappa shape index (κ3) is 7.29. The summed E-state index contributed by atoms with van der Waals surface area (Å²) in [5.41, 5.74) is 4.01. The van der Waals surface area contributed by atoms with Crippen molar-refractivity contribution in [2.24, 2.45) is 0 Å². The molecule has 0 radical (unpaired) electrons. The Morgan fingerprint density at radius 3 is 2.15 bits per heavy atom. The molecule has 0 saturated heterocycles. The third-order valence-electron chi connectivity index (χ3n) is 6.01. The van der Waals surface area contributed by atoms with Gasteiger partial charge in [0.15, 0.2) is 0 Å². The molecule has 4 rings (SSSR count). The fraction of sp³-hybridized carbons (Fsp3) is 0.0968. The van der Waals surface area contributed by atoms with E-state index >= 15 is 0 Å². The van der Waals surface area contributed by atoms with Crippen LogP contribution >= 0.6 is 11.6 Å². The van der Waals surface area contributed by atoms with Crippen molar-refractivity contribution in [1.29, 1.82) is 5.26 Å². The molecule has 0 aliphatic carbocycles. The standard InChI is InChI=1S/C31H26ClN3O4S/c1-21-4-3-5-22(2)30(21)35-40(37,38)29-16-12-27(13-17-29)34-31(36)25(19-33)18-23-8-14-28(15-9-23)39-20-24-6-10-26(32)11-7-24/h3-18,35H,20H2,1-2H3,(H,34,36). The summed E-state index contributed by atoms with van der Waals surface area (Å²) in [7, 11) is -3.83. The molecule has 4 aromatic rings. The number of rotatable bonds is 9. The van der Waals surface area contributed by atoms with E-state index in [0.29, 0.717) is 34.3 Å². The van der Waals surface area contributed by atoms with E-state index < -0.39 is 15.9 Å². The topological polar surface area (TPSA) is 108 Å². The first-order valence-corrected chi connectivity index (χ1v) is 14.1. The number of benzene rings is 4. The highest BCUT2D eigenvalue weighted by atomic mass is 35.5. The maximum atomic E-state index is 12.9. The molecule has 0 saturated carbocycles. The van der Waals surface area contributed by atoms with Crippen molar-refractivity contribution in [3.8, 4) is 11.8 Å². The van der Waals surface area contributed by atoms with E-state index in [0.717, 1.165) is 16.7 Å². The van der Waals surface area contributed by atoms with Crippen LogP contribution in [0.15, 0.2) is 101 Å². The molecule has 0 atom stereocenters. The summed E-state index contributed by atoms with van der Waals surface area (Å²) in [5.74, 6) is 0.0204. The fourth-order valence-electron chi connectivity index (χ4n) is 3.81. The Morgan fingerprint density at radius 1 is 0.925 bits per heavy atom. The lowest BCUT2D eigenvalue weighted by molar-refractivity contribution is -0.112. The lowest BCUT2D eigenvalue weighted by atomic mass is 10.1. The molecule has 0 aliphatic heterocycles. The normalized spacial score (nSPS) is 11.4. The molecule has 0 spiro atoms. The number of ether oxygens (including phenoxy) is 1. The average molecular weight is 572 g/mol. The van der Waals surface area contributed by atoms with Gasteiger partial charge >= 0.3 is 0 Å². The summed E-state index contributed by atoms with van der Waals surface area (Å²) >= 11 is 5.90. The van der Waals surface area contributed by atoms with Crippen LogP contribution in [0.3, 0.4) is 0 Å². The number of sulfonamides is 1. The molecule has 0 unspecified atom stereocenters. The van der Waals surface area contributed by atoms with Gasteiger partial charge in [-0.15, -0.1) is 0 Å². The van der Waals surface area contributed by atoms with E-state index in [-0.39, 0.29) is 10.5 Å². The number of nitrogens with one attached hydrogen (secondary N) is 2. The largest absolute Gasteiger partial charge is 0.489 e. The van der Waals surface area contributed by atoms with Gasteiger partial charge in [-0.1, -0.05) is 54.1 Å². The van der Waals surface area contributed by atoms with E-state index in [4.69, 9.17) is 16.3 Å². The summed E-state index contributed by atoms with van der Waals surface area (Å²) < 4.78 is 34.2. The molecule has 0 aliphatic rings. The van der Waals surface area contributed by atoms with Crippen molar-refractivity contribution >= 4 is 45.0 Å². The molecule has 0 fully saturated rings. The van der Waals surface area contributed by atoms with Gasteiger partial charge in [-0.05, 0) is 90.7 Å². The Kier molecular flexibility index (Phi) is 8.90. The third-order valence-corrected chi connectivity index (χ3v) is 7.63. The van der Waals surface area contributed by atoms with Crippen molar-refractivity contribution < 1.29 is 17.9 Å². The van der Waals surface area contributed by atoms with Crippen molar-refractivity contribution in [1.82, 2.24) is 0 Å². The number of hydrogen-bond donors (Lipinski definition) is 2. The number of amides is 1. The van der Waals surface area contributed by atoms with Crippen LogP contribution < -0.4 is 14.8 Å². The summed E-state index contributed by atoms with van der Waals surface area (Å²) in [6.45, 7) is 4.03. The number of para-hydroxylation sites is 1. The zero-order chi connectivity index (χ0) is 28.7. The molecule has 1 amide bonds.